The van der Waals surface area contributed by atoms with Gasteiger partial charge in [0.25, 0.3) is 5.56 Å². The van der Waals surface area contributed by atoms with E-state index >= 15 is 0 Å². The average molecular weight is 480 g/mol. The number of nitriles is 1. The Balaban J connectivity index is 1.68. The summed E-state index contributed by atoms with van der Waals surface area (Å²) in [5.41, 5.74) is 2.55. The lowest BCUT2D eigenvalue weighted by Crippen LogP contribution is -2.33. The summed E-state index contributed by atoms with van der Waals surface area (Å²) in [6.07, 6.45) is 2.42. The van der Waals surface area contributed by atoms with Gasteiger partial charge in [-0.15, -0.1) is 0 Å². The number of halogens is 1. The number of thioether (sulfide) groups is 1. The monoisotopic (exact) mass is 480 g/mol. The molecule has 0 atom stereocenters. The fourth-order valence-electron chi connectivity index (χ4n) is 2.91. The van der Waals surface area contributed by atoms with Crippen LogP contribution in [-0.4, -0.2) is 28.0 Å². The Labute approximate surface area is 171 Å². The van der Waals surface area contributed by atoms with Crippen LogP contribution in [0.3, 0.4) is 0 Å². The van der Waals surface area contributed by atoms with Gasteiger partial charge in [0.15, 0.2) is 5.16 Å². The van der Waals surface area contributed by atoms with Gasteiger partial charge in [-0.05, 0) is 72.1 Å². The first-order chi connectivity index (χ1) is 12.5. The number of H-pyrrole nitrogens is 1. The Bertz CT molecular complexity index is 851. The third kappa shape index (κ3) is 5.09. The maximum atomic E-state index is 12.3. The zero-order chi connectivity index (χ0) is 18.5. The highest BCUT2D eigenvalue weighted by molar-refractivity contribution is 14.1. The highest BCUT2D eigenvalue weighted by Crippen LogP contribution is 2.22. The van der Waals surface area contributed by atoms with E-state index < -0.39 is 0 Å². The number of hydrogen-bond acceptors (Lipinski definition) is 5. The zero-order valence-electron chi connectivity index (χ0n) is 14.7. The van der Waals surface area contributed by atoms with E-state index in [1.165, 1.54) is 24.6 Å². The van der Waals surface area contributed by atoms with Gasteiger partial charge in [-0.1, -0.05) is 30.8 Å². The van der Waals surface area contributed by atoms with Gasteiger partial charge in [0.1, 0.15) is 3.57 Å². The number of rotatable bonds is 5. The van der Waals surface area contributed by atoms with E-state index in [9.17, 15) is 4.79 Å². The summed E-state index contributed by atoms with van der Waals surface area (Å²) in [7, 11) is 0. The van der Waals surface area contributed by atoms with Crippen molar-refractivity contribution in [2.75, 3.05) is 13.1 Å². The standard InChI is InChI=1S/C19H21IN4OS/c1-13-6-8-24(9-7-13)11-16-17(20)18(25)23-19(22-16)26-12-15-4-2-14(10-21)3-5-15/h2-5,13H,6-9,11-12H2,1H3,(H,22,23,25). The first-order valence-corrected chi connectivity index (χ1v) is 10.7. The Hall–Kier alpha value is -1.37. The third-order valence-electron chi connectivity index (χ3n) is 4.62. The number of benzene rings is 1. The molecule has 0 unspecified atom stereocenters. The molecule has 0 radical (unpaired) electrons. The SMILES string of the molecule is CC1CCN(Cc2nc(SCc3ccc(C#N)cc3)[nH]c(=O)c2I)CC1. The molecule has 0 saturated carbocycles. The highest BCUT2D eigenvalue weighted by atomic mass is 127. The van der Waals surface area contributed by atoms with Crippen molar-refractivity contribution in [3.8, 4) is 6.07 Å². The van der Waals surface area contributed by atoms with E-state index in [0.717, 1.165) is 36.8 Å². The van der Waals surface area contributed by atoms with Crippen molar-refractivity contribution >= 4 is 34.4 Å². The molecule has 7 heteroatoms. The van der Waals surface area contributed by atoms with Crippen LogP contribution in [0.4, 0.5) is 0 Å². The number of piperidine rings is 1. The van der Waals surface area contributed by atoms with Crippen molar-refractivity contribution in [3.63, 3.8) is 0 Å². The van der Waals surface area contributed by atoms with Crippen molar-refractivity contribution in [2.24, 2.45) is 5.92 Å². The van der Waals surface area contributed by atoms with Gasteiger partial charge in [0, 0.05) is 12.3 Å². The second-order valence-electron chi connectivity index (χ2n) is 6.69. The van der Waals surface area contributed by atoms with Crippen LogP contribution < -0.4 is 5.56 Å². The van der Waals surface area contributed by atoms with Crippen LogP contribution >= 0.6 is 34.4 Å². The minimum atomic E-state index is -0.0664. The van der Waals surface area contributed by atoms with Crippen LogP contribution in [0.15, 0.2) is 34.2 Å². The molecule has 0 spiro atoms. The minimum absolute atomic E-state index is 0.0664. The molecule has 1 aliphatic rings. The van der Waals surface area contributed by atoms with Crippen molar-refractivity contribution in [3.05, 3.63) is 55.0 Å². The second kappa shape index (κ2) is 9.02. The van der Waals surface area contributed by atoms with Gasteiger partial charge in [-0.3, -0.25) is 9.69 Å². The van der Waals surface area contributed by atoms with Gasteiger partial charge in [0.05, 0.1) is 17.3 Å². The van der Waals surface area contributed by atoms with E-state index in [4.69, 9.17) is 10.2 Å². The van der Waals surface area contributed by atoms with Crippen molar-refractivity contribution in [1.82, 2.24) is 14.9 Å². The molecule has 1 N–H and O–H groups in total. The van der Waals surface area contributed by atoms with Crippen molar-refractivity contribution in [1.29, 1.82) is 5.26 Å². The van der Waals surface area contributed by atoms with Crippen LogP contribution in [0.2, 0.25) is 0 Å². The van der Waals surface area contributed by atoms with Crippen LogP contribution in [0.1, 0.15) is 36.6 Å². The highest BCUT2D eigenvalue weighted by Gasteiger charge is 2.18. The molecule has 5 nitrogen and oxygen atoms in total. The molecule has 136 valence electrons. The molecule has 3 rings (SSSR count). The molecule has 2 heterocycles. The molecule has 0 amide bonds. The summed E-state index contributed by atoms with van der Waals surface area (Å²) >= 11 is 3.61. The molecule has 1 fully saturated rings. The molecule has 1 aromatic carbocycles. The van der Waals surface area contributed by atoms with E-state index in [0.29, 0.717) is 20.0 Å². The third-order valence-corrected chi connectivity index (χ3v) is 6.67. The lowest BCUT2D eigenvalue weighted by molar-refractivity contribution is 0.182. The summed E-state index contributed by atoms with van der Waals surface area (Å²) in [4.78, 5) is 22.2. The largest absolute Gasteiger partial charge is 0.301 e. The summed E-state index contributed by atoms with van der Waals surface area (Å²) in [6.45, 7) is 5.17. The van der Waals surface area contributed by atoms with Crippen LogP contribution in [0, 0.1) is 20.8 Å². The first kappa shape index (κ1) is 19.4. The summed E-state index contributed by atoms with van der Waals surface area (Å²) in [5, 5.41) is 9.52. The maximum absolute atomic E-state index is 12.3. The Kier molecular flexibility index (Phi) is 6.73. The lowest BCUT2D eigenvalue weighted by Gasteiger charge is -2.30. The zero-order valence-corrected chi connectivity index (χ0v) is 17.6. The Morgan fingerprint density at radius 1 is 1.35 bits per heavy atom. The smallest absolute Gasteiger partial charge is 0.265 e. The van der Waals surface area contributed by atoms with E-state index in [1.54, 1.807) is 0 Å². The number of nitrogens with one attached hydrogen (secondary N) is 1. The summed E-state index contributed by atoms with van der Waals surface area (Å²) in [5.74, 6) is 1.49. The summed E-state index contributed by atoms with van der Waals surface area (Å²) in [6, 6.07) is 9.61. The van der Waals surface area contributed by atoms with E-state index in [-0.39, 0.29) is 5.56 Å². The van der Waals surface area contributed by atoms with Gasteiger partial charge in [-0.25, -0.2) is 4.98 Å². The molecule has 1 aromatic heterocycles. The van der Waals surface area contributed by atoms with Crippen LogP contribution in [0.25, 0.3) is 0 Å². The predicted octanol–water partition coefficient (Wildman–Crippen LogP) is 3.77. The average Bonchev–Trinajstić information content (AvgIpc) is 2.66. The molecule has 0 aliphatic carbocycles. The molecule has 1 aliphatic heterocycles. The normalized spacial score (nSPS) is 15.7. The quantitative estimate of drug-likeness (QED) is 0.401. The van der Waals surface area contributed by atoms with E-state index in [1.807, 2.05) is 24.3 Å². The van der Waals surface area contributed by atoms with Crippen LogP contribution in [0.5, 0.6) is 0 Å². The second-order valence-corrected chi connectivity index (χ2v) is 8.73. The minimum Gasteiger partial charge on any atom is -0.301 e. The fraction of sp³-hybridized carbons (Fsp3) is 0.421. The Morgan fingerprint density at radius 3 is 2.69 bits per heavy atom. The van der Waals surface area contributed by atoms with Crippen LogP contribution in [-0.2, 0) is 12.3 Å². The topological polar surface area (TPSA) is 72.8 Å². The molecule has 1 saturated heterocycles. The number of aromatic amines is 1. The maximum Gasteiger partial charge on any atom is 0.265 e. The summed E-state index contributed by atoms with van der Waals surface area (Å²) < 4.78 is 0.684. The van der Waals surface area contributed by atoms with Gasteiger partial charge >= 0.3 is 0 Å². The Morgan fingerprint density at radius 2 is 2.04 bits per heavy atom. The number of hydrogen-bond donors (Lipinski definition) is 1. The molecule has 2 aromatic rings. The molecular weight excluding hydrogens is 459 g/mol. The predicted molar refractivity (Wildman–Crippen MR) is 112 cm³/mol. The number of nitrogens with zero attached hydrogens (tertiary/aromatic N) is 3. The van der Waals surface area contributed by atoms with Crippen molar-refractivity contribution in [2.45, 2.75) is 37.2 Å². The van der Waals surface area contributed by atoms with Crippen molar-refractivity contribution < 1.29 is 0 Å². The first-order valence-electron chi connectivity index (χ1n) is 8.68. The number of likely N-dealkylation sites (tertiary alicyclic amines) is 1. The van der Waals surface area contributed by atoms with E-state index in [2.05, 4.69) is 45.5 Å². The molecule has 0 bridgehead atoms. The molecule has 26 heavy (non-hydrogen) atoms. The number of aromatic nitrogens is 2. The fourth-order valence-corrected chi connectivity index (χ4v) is 4.18. The molecular formula is C19H21IN4OS. The lowest BCUT2D eigenvalue weighted by atomic mass is 9.99. The van der Waals surface area contributed by atoms with Gasteiger partial charge in [-0.2, -0.15) is 5.26 Å². The van der Waals surface area contributed by atoms with Gasteiger partial charge in [0.2, 0.25) is 0 Å². The van der Waals surface area contributed by atoms with Gasteiger partial charge < -0.3 is 4.98 Å².